The lowest BCUT2D eigenvalue weighted by Crippen LogP contribution is -2.53. The van der Waals surface area contributed by atoms with E-state index in [4.69, 9.17) is 4.42 Å². The van der Waals surface area contributed by atoms with Crippen LogP contribution in [0.15, 0.2) is 132 Å². The minimum atomic E-state index is -4.19. The first-order valence-corrected chi connectivity index (χ1v) is 48.4. The smallest absolute Gasteiger partial charge is 0.401 e. The molecule has 12 aromatic rings. The summed E-state index contributed by atoms with van der Waals surface area (Å²) < 4.78 is 43.7. The van der Waals surface area contributed by atoms with Crippen LogP contribution in [0.5, 0.6) is 0 Å². The van der Waals surface area contributed by atoms with Gasteiger partial charge in [0, 0.05) is 215 Å². The molecule has 4 aromatic carbocycles. The van der Waals surface area contributed by atoms with Crippen molar-refractivity contribution in [1.82, 2.24) is 80.1 Å². The summed E-state index contributed by atoms with van der Waals surface area (Å²) in [6, 6.07) is 33.8. The molecule has 0 amide bonds. The average molecular weight is 1810 g/mol. The average Bonchev–Trinajstić information content (AvgIpc) is 1.37. The number of rotatable bonds is 33. The Labute approximate surface area is 766 Å². The number of Topliss-reactive ketones (excluding diaryl/α,β-unsaturated/α-hetero) is 4. The Morgan fingerprint density at radius 2 is 0.736 bits per heavy atom. The third kappa shape index (κ3) is 26.5. The third-order valence-corrected chi connectivity index (χ3v) is 27.8. The van der Waals surface area contributed by atoms with Crippen LogP contribution in [-0.2, 0) is 25.7 Å². The van der Waals surface area contributed by atoms with Crippen molar-refractivity contribution in [2.45, 2.75) is 216 Å². The number of carbonyl (C=O) groups is 4. The highest BCUT2D eigenvalue weighted by Crippen LogP contribution is 2.35. The van der Waals surface area contributed by atoms with E-state index in [1.54, 1.807) is 6.20 Å². The number of aromatic nitrogens is 12. The lowest BCUT2D eigenvalue weighted by atomic mass is 9.90. The summed E-state index contributed by atoms with van der Waals surface area (Å²) in [5.74, 6) is 2.72. The maximum absolute atomic E-state index is 13.1. The number of nitrogens with one attached hydrogen (secondary N) is 5. The molecule has 4 fully saturated rings. The van der Waals surface area contributed by atoms with Gasteiger partial charge in [-0.1, -0.05) is 149 Å². The van der Waals surface area contributed by atoms with Gasteiger partial charge in [0.15, 0.2) is 44.7 Å². The maximum atomic E-state index is 13.1. The van der Waals surface area contributed by atoms with Crippen molar-refractivity contribution >= 4 is 112 Å². The Kier molecular flexibility index (Phi) is 33.2. The quantitative estimate of drug-likeness (QED) is 0.0239. The van der Waals surface area contributed by atoms with Gasteiger partial charge >= 0.3 is 6.18 Å². The van der Waals surface area contributed by atoms with Crippen molar-refractivity contribution in [3.63, 3.8) is 0 Å². The fourth-order valence-corrected chi connectivity index (χ4v) is 20.3. The van der Waals surface area contributed by atoms with Crippen molar-refractivity contribution < 1.29 is 36.8 Å². The van der Waals surface area contributed by atoms with Gasteiger partial charge in [0.05, 0.1) is 12.7 Å². The molecule has 25 nitrogen and oxygen atoms in total. The molecule has 5 N–H and O–H groups in total. The first kappa shape index (κ1) is 96.6. The van der Waals surface area contributed by atoms with Gasteiger partial charge in [-0.2, -0.15) is 18.2 Å². The minimum absolute atomic E-state index is 0.0206. The van der Waals surface area contributed by atoms with E-state index in [2.05, 4.69) is 259 Å². The SMILES string of the molecule is CCCC(CC(=O)c1cnc(N2CCN(C(C)(C)C)CC2)o1)Cc1c[nH]c2ccccc12.CCCC(CC(=O)c1nc(N2CCN(C(C)(C)C)CC2)n[nH]1)Cc1c[nH]c2ccccc12.CCCC(CC(=O)c1nnc(N2CCN(C(C)(C)C)CC2)s1)Cc1c[nH]c2ccccc12.CCCC(CC(=O)c1nnc(N2CCN(CC(F)(F)F)CC2)s1)Cc1c[nH]c2ccccc12. The van der Waals surface area contributed by atoms with E-state index >= 15 is 0 Å². The maximum Gasteiger partial charge on any atom is 0.401 e. The first-order chi connectivity index (χ1) is 61.9. The van der Waals surface area contributed by atoms with E-state index < -0.39 is 12.7 Å². The predicted molar refractivity (Wildman–Crippen MR) is 515 cm³/mol. The molecule has 0 saturated carbocycles. The molecule has 0 bridgehead atoms. The molecule has 16 rings (SSSR count). The van der Waals surface area contributed by atoms with Crippen molar-refractivity contribution in [3.05, 3.63) is 172 Å². The Bertz CT molecular complexity index is 5150. The van der Waals surface area contributed by atoms with E-state index in [1.807, 2.05) is 47.5 Å². The zero-order valence-corrected chi connectivity index (χ0v) is 79.6. The van der Waals surface area contributed by atoms with Crippen LogP contribution in [0, 0.1) is 23.7 Å². The Hall–Kier alpha value is -9.98. The molecule has 30 heteroatoms. The fraction of sp³-hybridized carbons (Fsp3) is 0.545. The fourth-order valence-electron chi connectivity index (χ4n) is 18.6. The zero-order valence-electron chi connectivity index (χ0n) is 78.0. The summed E-state index contributed by atoms with van der Waals surface area (Å²) >= 11 is 2.70. The summed E-state index contributed by atoms with van der Waals surface area (Å²) in [5.41, 5.74) is 10.1. The molecule has 4 aliphatic rings. The van der Waals surface area contributed by atoms with Gasteiger partial charge in [-0.05, 0) is 184 Å². The standard InChI is InChI=1S/C26H36N4O2.C25H36N6O.C25H35N5OS.C23H28F3N5OS/c1-5-8-19(15-20-17-27-22-10-7-6-9-21(20)22)16-23(31)24-18-28-25(32-24)29-11-13-30(14-12-29)26(2,3)4;1-5-8-18(15-19-17-26-21-10-7-6-9-20(19)21)16-22(32)23-27-24(29-28-23)30-11-13-31(14-12-30)25(2,3)4;1-5-8-18(15-19-17-26-21-10-7-6-9-20(19)21)16-22(31)23-27-28-24(32-23)29-11-13-30(14-12-29)25(2,3)4;1-2-5-16(12-17-14-27-19-7-4-3-6-18(17)19)13-20(32)21-28-29-22(33-21)31-10-8-30(9-11-31)15-23(24,25)26/h6-7,9-10,17-19,27H,5,8,11-16H2,1-4H3;6-7,9-10,17-18,26H,5,8,11-16H2,1-4H3,(H,27,28,29);6-7,9-10,17-18,26H,5,8,11-16H2,1-4H3;3-4,6-7,14,16,27H,2,5,8-13,15H2,1H3. The third-order valence-electron chi connectivity index (χ3n) is 25.8. The number of hydrogen-bond acceptors (Lipinski definition) is 22. The second-order valence-corrected chi connectivity index (χ2v) is 40.4. The highest BCUT2D eigenvalue weighted by molar-refractivity contribution is 7.17. The highest BCUT2D eigenvalue weighted by Gasteiger charge is 2.36. The van der Waals surface area contributed by atoms with Crippen molar-refractivity contribution in [2.24, 2.45) is 23.7 Å². The van der Waals surface area contributed by atoms with E-state index in [1.165, 1.54) is 71.4 Å². The summed E-state index contributed by atoms with van der Waals surface area (Å²) in [5, 5.41) is 31.5. The van der Waals surface area contributed by atoms with Gasteiger partial charge in [0.1, 0.15) is 0 Å². The van der Waals surface area contributed by atoms with Gasteiger partial charge in [-0.15, -0.1) is 25.5 Å². The van der Waals surface area contributed by atoms with Crippen LogP contribution in [0.3, 0.4) is 0 Å². The molecule has 129 heavy (non-hydrogen) atoms. The number of piperazine rings is 4. The molecule has 0 radical (unpaired) electrons. The molecule has 4 saturated heterocycles. The van der Waals surface area contributed by atoms with Gasteiger partial charge < -0.3 is 44.0 Å². The molecule has 0 aliphatic carbocycles. The largest absolute Gasteiger partial charge is 0.420 e. The van der Waals surface area contributed by atoms with Crippen molar-refractivity contribution in [3.8, 4) is 0 Å². The molecule has 4 aliphatic heterocycles. The van der Waals surface area contributed by atoms with Crippen LogP contribution in [0.4, 0.5) is 35.4 Å². The lowest BCUT2D eigenvalue weighted by molar-refractivity contribution is -0.146. The molecule has 12 heterocycles. The monoisotopic (exact) mass is 1810 g/mol. The van der Waals surface area contributed by atoms with E-state index in [0.717, 1.165) is 183 Å². The van der Waals surface area contributed by atoms with Crippen molar-refractivity contribution in [2.75, 3.05) is 131 Å². The molecular formula is C99H135F3N20O5S2. The number of para-hydroxylation sites is 4. The van der Waals surface area contributed by atoms with Gasteiger partial charge in [0.2, 0.25) is 16.2 Å². The number of nitrogens with zero attached hydrogens (tertiary/aromatic N) is 15. The minimum Gasteiger partial charge on any atom is -0.420 e. The number of ketones is 4. The lowest BCUT2D eigenvalue weighted by Gasteiger charge is -2.42. The Morgan fingerprint density at radius 1 is 0.411 bits per heavy atom. The number of aromatic amines is 5. The van der Waals surface area contributed by atoms with Gasteiger partial charge in [-0.25, -0.2) is 4.98 Å². The number of alkyl halides is 3. The summed E-state index contributed by atoms with van der Waals surface area (Å²) in [4.78, 5) is 91.8. The number of H-pyrrole nitrogens is 5. The molecule has 0 spiro atoms. The topological polar surface area (TPSA) is 277 Å². The van der Waals surface area contributed by atoms with E-state index in [-0.39, 0.29) is 57.5 Å². The number of halogens is 3. The van der Waals surface area contributed by atoms with Crippen LogP contribution in [0.25, 0.3) is 43.6 Å². The van der Waals surface area contributed by atoms with Crippen LogP contribution < -0.4 is 19.6 Å². The van der Waals surface area contributed by atoms with Gasteiger partial charge in [-0.3, -0.25) is 43.9 Å². The van der Waals surface area contributed by atoms with Crippen LogP contribution in [0.2, 0.25) is 0 Å². The van der Waals surface area contributed by atoms with Crippen LogP contribution >= 0.6 is 22.7 Å². The summed E-state index contributed by atoms with van der Waals surface area (Å²) in [6.45, 7) is 40.8. The highest BCUT2D eigenvalue weighted by atomic mass is 32.1. The number of anilines is 4. The first-order valence-electron chi connectivity index (χ1n) is 46.8. The second kappa shape index (κ2) is 44.3. The van der Waals surface area contributed by atoms with E-state index in [0.29, 0.717) is 96.5 Å². The second-order valence-electron chi connectivity index (χ2n) is 38.5. The normalized spacial score (nSPS) is 16.5. The van der Waals surface area contributed by atoms with Crippen LogP contribution in [-0.4, -0.2) is 237 Å². The molecule has 4 atom stereocenters. The Balaban J connectivity index is 0.000000147. The van der Waals surface area contributed by atoms with Gasteiger partial charge in [0.25, 0.3) is 6.01 Å². The molecule has 4 unspecified atom stereocenters. The number of hydrogen-bond donors (Lipinski definition) is 5. The number of carbonyl (C=O) groups excluding carboxylic acids is 4. The molecular weight excluding hydrogens is 1670 g/mol. The number of benzene rings is 4. The molecule has 8 aromatic heterocycles. The van der Waals surface area contributed by atoms with Crippen molar-refractivity contribution in [1.29, 1.82) is 0 Å². The zero-order chi connectivity index (χ0) is 91.6. The molecule has 694 valence electrons. The number of oxazole rings is 1. The van der Waals surface area contributed by atoms with E-state index in [9.17, 15) is 32.3 Å². The Morgan fingerprint density at radius 3 is 1.09 bits per heavy atom. The van der Waals surface area contributed by atoms with Crippen LogP contribution in [0.1, 0.15) is 230 Å². The summed E-state index contributed by atoms with van der Waals surface area (Å²) in [6.07, 6.45) is 19.3. The number of fused-ring (bicyclic) bond motifs is 4. The summed E-state index contributed by atoms with van der Waals surface area (Å²) in [7, 11) is 0. The predicted octanol–water partition coefficient (Wildman–Crippen LogP) is 19.9.